The summed E-state index contributed by atoms with van der Waals surface area (Å²) in [5.74, 6) is -0.275. The van der Waals surface area contributed by atoms with Crippen LogP contribution in [0.25, 0.3) is 5.69 Å². The van der Waals surface area contributed by atoms with Gasteiger partial charge in [-0.05, 0) is 51.0 Å². The van der Waals surface area contributed by atoms with Gasteiger partial charge in [-0.15, -0.1) is 0 Å². The Hall–Kier alpha value is -2.10. The van der Waals surface area contributed by atoms with Crippen LogP contribution in [0, 0.1) is 20.8 Å². The third-order valence-electron chi connectivity index (χ3n) is 3.12. The first-order valence-electron chi connectivity index (χ1n) is 5.79. The Morgan fingerprint density at radius 2 is 1.89 bits per heavy atom. The summed E-state index contributed by atoms with van der Waals surface area (Å²) in [6.45, 7) is 7.16. The predicted octanol–water partition coefficient (Wildman–Crippen LogP) is 2.71. The summed E-state index contributed by atoms with van der Waals surface area (Å²) in [6.07, 6.45) is 0. The van der Waals surface area contributed by atoms with E-state index in [4.69, 9.17) is 0 Å². The van der Waals surface area contributed by atoms with Crippen molar-refractivity contribution in [3.63, 3.8) is 0 Å². The summed E-state index contributed by atoms with van der Waals surface area (Å²) >= 11 is 0. The monoisotopic (exact) mass is 244 g/mol. The minimum atomic E-state index is -0.180. The van der Waals surface area contributed by atoms with Gasteiger partial charge in [-0.2, -0.15) is 5.10 Å². The van der Waals surface area contributed by atoms with Crippen molar-refractivity contribution in [3.05, 3.63) is 40.6 Å². The van der Waals surface area contributed by atoms with Crippen molar-refractivity contribution < 1.29 is 9.90 Å². The topological polar surface area (TPSA) is 55.1 Å². The second-order valence-corrected chi connectivity index (χ2v) is 4.52. The van der Waals surface area contributed by atoms with Gasteiger partial charge in [-0.1, -0.05) is 6.07 Å². The molecule has 0 fully saturated rings. The van der Waals surface area contributed by atoms with Gasteiger partial charge in [0.05, 0.1) is 11.4 Å². The van der Waals surface area contributed by atoms with E-state index in [1.807, 2.05) is 32.0 Å². The summed E-state index contributed by atoms with van der Waals surface area (Å²) in [5.41, 5.74) is 3.87. The van der Waals surface area contributed by atoms with Crippen LogP contribution in [0.1, 0.15) is 34.1 Å². The molecule has 1 heterocycles. The van der Waals surface area contributed by atoms with Crippen LogP contribution in [0.3, 0.4) is 0 Å². The highest BCUT2D eigenvalue weighted by Crippen LogP contribution is 2.25. The molecule has 0 saturated heterocycles. The van der Waals surface area contributed by atoms with Gasteiger partial charge in [0, 0.05) is 0 Å². The number of hydrogen-bond acceptors (Lipinski definition) is 3. The second kappa shape index (κ2) is 4.29. The average Bonchev–Trinajstić information content (AvgIpc) is 2.58. The first kappa shape index (κ1) is 12.4. The lowest BCUT2D eigenvalue weighted by Crippen LogP contribution is -1.98. The molecule has 18 heavy (non-hydrogen) atoms. The molecule has 0 spiro atoms. The van der Waals surface area contributed by atoms with Crippen molar-refractivity contribution in [2.45, 2.75) is 27.7 Å². The Morgan fingerprint density at radius 1 is 1.22 bits per heavy atom. The van der Waals surface area contributed by atoms with Crippen LogP contribution in [0.2, 0.25) is 0 Å². The average molecular weight is 244 g/mol. The molecule has 1 N–H and O–H groups in total. The van der Waals surface area contributed by atoms with Crippen molar-refractivity contribution in [1.82, 2.24) is 9.78 Å². The summed E-state index contributed by atoms with van der Waals surface area (Å²) in [5, 5.41) is 14.3. The van der Waals surface area contributed by atoms with Gasteiger partial charge in [0.2, 0.25) is 5.88 Å². The van der Waals surface area contributed by atoms with Gasteiger partial charge < -0.3 is 5.11 Å². The van der Waals surface area contributed by atoms with Gasteiger partial charge >= 0.3 is 0 Å². The van der Waals surface area contributed by atoms with E-state index in [0.29, 0.717) is 5.69 Å². The van der Waals surface area contributed by atoms with Crippen LogP contribution in [0.4, 0.5) is 0 Å². The Bertz CT molecular complexity index is 627. The highest BCUT2D eigenvalue weighted by atomic mass is 16.3. The number of aromatic nitrogens is 2. The normalized spacial score (nSPS) is 10.7. The molecule has 4 heteroatoms. The van der Waals surface area contributed by atoms with Gasteiger partial charge in [0.15, 0.2) is 5.78 Å². The van der Waals surface area contributed by atoms with E-state index >= 15 is 0 Å². The lowest BCUT2D eigenvalue weighted by atomic mass is 10.1. The minimum Gasteiger partial charge on any atom is -0.493 e. The lowest BCUT2D eigenvalue weighted by molar-refractivity contribution is 0.101. The maximum absolute atomic E-state index is 11.4. The molecule has 0 aliphatic carbocycles. The number of aryl methyl sites for hydroxylation is 3. The highest BCUT2D eigenvalue weighted by molar-refractivity contribution is 5.97. The van der Waals surface area contributed by atoms with Crippen LogP contribution in [0.5, 0.6) is 5.88 Å². The molecule has 0 aliphatic heterocycles. The number of nitrogens with zero attached hydrogens (tertiary/aromatic N) is 2. The Balaban J connectivity index is 2.61. The van der Waals surface area contributed by atoms with Crippen LogP contribution < -0.4 is 0 Å². The number of carbonyl (C=O) groups excluding carboxylic acids is 1. The number of hydrogen-bond donors (Lipinski definition) is 1. The fourth-order valence-electron chi connectivity index (χ4n) is 1.96. The van der Waals surface area contributed by atoms with Crippen molar-refractivity contribution in [1.29, 1.82) is 0 Å². The largest absolute Gasteiger partial charge is 0.493 e. The maximum atomic E-state index is 11.4. The number of ketones is 1. The first-order valence-corrected chi connectivity index (χ1v) is 5.79. The van der Waals surface area contributed by atoms with Crippen LogP contribution in [-0.4, -0.2) is 20.7 Å². The summed E-state index contributed by atoms with van der Waals surface area (Å²) in [4.78, 5) is 11.4. The lowest BCUT2D eigenvalue weighted by Gasteiger charge is -2.06. The van der Waals surface area contributed by atoms with Gasteiger partial charge in [-0.3, -0.25) is 4.79 Å². The predicted molar refractivity (Wildman–Crippen MR) is 69.4 cm³/mol. The molecular formula is C14H16N2O2. The first-order chi connectivity index (χ1) is 8.41. The van der Waals surface area contributed by atoms with E-state index in [1.54, 1.807) is 6.92 Å². The molecule has 0 bridgehead atoms. The van der Waals surface area contributed by atoms with Gasteiger partial charge in [0.1, 0.15) is 5.56 Å². The molecular weight excluding hydrogens is 228 g/mol. The van der Waals surface area contributed by atoms with E-state index in [-0.39, 0.29) is 17.2 Å². The zero-order valence-electron chi connectivity index (χ0n) is 11.0. The number of rotatable bonds is 2. The van der Waals surface area contributed by atoms with E-state index in [0.717, 1.165) is 11.3 Å². The fraction of sp³-hybridized carbons (Fsp3) is 0.286. The Kier molecular flexibility index (Phi) is 2.95. The Morgan fingerprint density at radius 3 is 2.39 bits per heavy atom. The Labute approximate surface area is 106 Å². The number of carbonyl (C=O) groups is 1. The molecule has 94 valence electrons. The van der Waals surface area contributed by atoms with Crippen LogP contribution in [0.15, 0.2) is 18.2 Å². The summed E-state index contributed by atoms with van der Waals surface area (Å²) in [6, 6.07) is 5.78. The van der Waals surface area contributed by atoms with Crippen molar-refractivity contribution in [2.75, 3.05) is 0 Å². The third-order valence-corrected chi connectivity index (χ3v) is 3.12. The minimum absolute atomic E-state index is 0.0942. The molecule has 2 rings (SSSR count). The van der Waals surface area contributed by atoms with E-state index in [9.17, 15) is 9.90 Å². The molecule has 0 amide bonds. The molecule has 0 saturated carbocycles. The summed E-state index contributed by atoms with van der Waals surface area (Å²) in [7, 11) is 0. The van der Waals surface area contributed by atoms with Gasteiger partial charge in [0.25, 0.3) is 0 Å². The molecule has 4 nitrogen and oxygen atoms in total. The molecule has 1 aromatic carbocycles. The quantitative estimate of drug-likeness (QED) is 0.826. The summed E-state index contributed by atoms with van der Waals surface area (Å²) < 4.78 is 1.40. The smallest absolute Gasteiger partial charge is 0.225 e. The molecule has 2 aromatic rings. The van der Waals surface area contributed by atoms with E-state index in [2.05, 4.69) is 5.10 Å². The van der Waals surface area contributed by atoms with Crippen molar-refractivity contribution in [3.8, 4) is 11.6 Å². The number of benzene rings is 1. The van der Waals surface area contributed by atoms with Crippen LogP contribution in [-0.2, 0) is 0 Å². The zero-order valence-corrected chi connectivity index (χ0v) is 11.0. The van der Waals surface area contributed by atoms with E-state index < -0.39 is 0 Å². The molecule has 0 aliphatic rings. The molecule has 0 unspecified atom stereocenters. The van der Waals surface area contributed by atoms with Gasteiger partial charge in [-0.25, -0.2) is 4.68 Å². The zero-order chi connectivity index (χ0) is 13.4. The molecule has 0 atom stereocenters. The number of aromatic hydroxyl groups is 1. The van der Waals surface area contributed by atoms with E-state index in [1.165, 1.54) is 17.2 Å². The maximum Gasteiger partial charge on any atom is 0.225 e. The number of Topliss-reactive ketones (excluding diaryl/α,β-unsaturated/α-hetero) is 1. The molecule has 1 aromatic heterocycles. The third kappa shape index (κ3) is 1.90. The van der Waals surface area contributed by atoms with Crippen molar-refractivity contribution in [2.24, 2.45) is 0 Å². The highest BCUT2D eigenvalue weighted by Gasteiger charge is 2.18. The molecule has 0 radical (unpaired) electrons. The standard InChI is InChI=1S/C14H16N2O2/c1-8-5-6-12(7-9(8)2)16-14(18)13(11(4)17)10(3)15-16/h5-7,18H,1-4H3. The van der Waals surface area contributed by atoms with Crippen LogP contribution >= 0.6 is 0 Å². The van der Waals surface area contributed by atoms with Crippen molar-refractivity contribution >= 4 is 5.78 Å². The second-order valence-electron chi connectivity index (χ2n) is 4.52. The fourth-order valence-corrected chi connectivity index (χ4v) is 1.96. The SMILES string of the molecule is CC(=O)c1c(C)nn(-c2ccc(C)c(C)c2)c1O.